The molecule has 2 aromatic heterocycles. The van der Waals surface area contributed by atoms with Gasteiger partial charge in [-0.25, -0.2) is 15.0 Å². The highest BCUT2D eigenvalue weighted by Gasteiger charge is 2.37. The average Bonchev–Trinajstić information content (AvgIpc) is 4.03. The lowest BCUT2D eigenvalue weighted by atomic mass is 9.81. The summed E-state index contributed by atoms with van der Waals surface area (Å²) in [6.45, 7) is 9.39. The Hall–Kier alpha value is -8.99. The summed E-state index contributed by atoms with van der Waals surface area (Å²) in [5.74, 6) is 0.916. The number of imidazole rings is 1. The molecule has 0 amide bonds. The topological polar surface area (TPSA) is 43.6 Å². The Kier molecular flexibility index (Phi) is 9.55. The van der Waals surface area contributed by atoms with Crippen LogP contribution in [0.15, 0.2) is 231 Å². The first-order chi connectivity index (χ1) is 35.7. The number of benzene rings is 10. The molecule has 4 nitrogen and oxygen atoms in total. The van der Waals surface area contributed by atoms with Crippen LogP contribution in [0.5, 0.6) is 0 Å². The Morgan fingerprint density at radius 1 is 0.301 bits per heavy atom. The molecule has 2 heterocycles. The fourth-order valence-electron chi connectivity index (χ4n) is 12.0. The summed E-state index contributed by atoms with van der Waals surface area (Å²) < 4.78 is 2.25. The molecule has 10 aromatic carbocycles. The van der Waals surface area contributed by atoms with E-state index in [4.69, 9.17) is 15.0 Å². The Bertz CT molecular complexity index is 4160. The van der Waals surface area contributed by atoms with Crippen molar-refractivity contribution in [3.8, 4) is 95.2 Å². The molecule has 0 spiro atoms. The van der Waals surface area contributed by atoms with Crippen molar-refractivity contribution in [1.29, 1.82) is 0 Å². The van der Waals surface area contributed by atoms with Crippen LogP contribution in [-0.2, 0) is 10.8 Å². The number of rotatable bonds is 7. The van der Waals surface area contributed by atoms with Gasteiger partial charge < -0.3 is 0 Å². The highest BCUT2D eigenvalue weighted by molar-refractivity contribution is 6.04. The SMILES string of the molecule is CC1(C)c2ccccc2-c2ccc(-c3ccc(-c4ccc5c(c4)C(C)(C)c4ccccc4-5)c4nc(-c5ccc(-c6ccc(-c7nc8ccccc8n7-c7ccccc7)cc6)cc5)c(-c5ccccc5)nc34)cc21. The molecule has 73 heavy (non-hydrogen) atoms. The van der Waals surface area contributed by atoms with Crippen molar-refractivity contribution in [2.45, 2.75) is 38.5 Å². The van der Waals surface area contributed by atoms with Gasteiger partial charge in [0.1, 0.15) is 5.82 Å². The lowest BCUT2D eigenvalue weighted by molar-refractivity contribution is 0.660. The minimum atomic E-state index is -0.148. The number of para-hydroxylation sites is 3. The van der Waals surface area contributed by atoms with E-state index in [2.05, 4.69) is 257 Å². The van der Waals surface area contributed by atoms with Crippen LogP contribution in [0.2, 0.25) is 0 Å². The van der Waals surface area contributed by atoms with Gasteiger partial charge in [-0.05, 0) is 103 Å². The molecular formula is C69H50N4. The predicted molar refractivity (Wildman–Crippen MR) is 302 cm³/mol. The van der Waals surface area contributed by atoms with Crippen LogP contribution >= 0.6 is 0 Å². The molecule has 0 saturated heterocycles. The van der Waals surface area contributed by atoms with Crippen molar-refractivity contribution in [2.24, 2.45) is 0 Å². The Balaban J connectivity index is 0.916. The standard InChI is InChI=1S/C69H50N4/c1-68(2)57-23-13-11-21-53(57)55-37-35-48(41-59(55)68)51-39-40-52(49-36-38-56-54-22-12-14-24-58(54)69(3,4)60(56)42-49)66-65(51)71-63(45-17-7-5-8-18-45)64(72-66)46-31-27-43(28-32-46)44-29-33-47(34-30-44)67-70-61-25-15-16-26-62(61)73(67)50-19-9-6-10-20-50/h5-42H,1-4H3. The quantitative estimate of drug-likeness (QED) is 0.160. The van der Waals surface area contributed by atoms with E-state index in [1.165, 1.54) is 44.5 Å². The van der Waals surface area contributed by atoms with Gasteiger partial charge in [0, 0.05) is 44.3 Å². The van der Waals surface area contributed by atoms with Crippen molar-refractivity contribution in [3.05, 3.63) is 253 Å². The van der Waals surface area contributed by atoms with E-state index < -0.39 is 0 Å². The molecular weight excluding hydrogens is 885 g/mol. The molecule has 0 bridgehead atoms. The van der Waals surface area contributed by atoms with E-state index in [0.29, 0.717) is 0 Å². The van der Waals surface area contributed by atoms with Crippen LogP contribution in [0.4, 0.5) is 0 Å². The molecule has 0 fully saturated rings. The molecule has 14 rings (SSSR count). The lowest BCUT2D eigenvalue weighted by Crippen LogP contribution is -2.15. The molecule has 2 aliphatic carbocycles. The monoisotopic (exact) mass is 934 g/mol. The molecule has 4 heteroatoms. The maximum Gasteiger partial charge on any atom is 0.145 e. The zero-order chi connectivity index (χ0) is 49.0. The van der Waals surface area contributed by atoms with Crippen LogP contribution in [0, 0.1) is 0 Å². The molecule has 0 saturated carbocycles. The molecule has 0 aliphatic heterocycles. The highest BCUT2D eigenvalue weighted by Crippen LogP contribution is 2.52. The van der Waals surface area contributed by atoms with Crippen LogP contribution in [-0.4, -0.2) is 19.5 Å². The van der Waals surface area contributed by atoms with Gasteiger partial charge in [-0.3, -0.25) is 4.57 Å². The second-order valence-corrected chi connectivity index (χ2v) is 20.8. The van der Waals surface area contributed by atoms with Gasteiger partial charge >= 0.3 is 0 Å². The summed E-state index contributed by atoms with van der Waals surface area (Å²) in [7, 11) is 0. The third kappa shape index (κ3) is 6.71. The fraction of sp³-hybridized carbons (Fsp3) is 0.0870. The number of aromatic nitrogens is 4. The van der Waals surface area contributed by atoms with Crippen molar-refractivity contribution >= 4 is 22.1 Å². The Morgan fingerprint density at radius 3 is 1.25 bits per heavy atom. The third-order valence-corrected chi connectivity index (χ3v) is 15.9. The van der Waals surface area contributed by atoms with Crippen LogP contribution in [0.3, 0.4) is 0 Å². The van der Waals surface area contributed by atoms with Crippen molar-refractivity contribution in [1.82, 2.24) is 19.5 Å². The minimum Gasteiger partial charge on any atom is -0.292 e. The first-order valence-electron chi connectivity index (χ1n) is 25.3. The third-order valence-electron chi connectivity index (χ3n) is 15.9. The number of fused-ring (bicyclic) bond motifs is 8. The van der Waals surface area contributed by atoms with Gasteiger partial charge in [0.05, 0.1) is 33.5 Å². The van der Waals surface area contributed by atoms with Gasteiger partial charge in [0.2, 0.25) is 0 Å². The lowest BCUT2D eigenvalue weighted by Gasteiger charge is -2.23. The van der Waals surface area contributed by atoms with Gasteiger partial charge in [-0.15, -0.1) is 0 Å². The van der Waals surface area contributed by atoms with E-state index in [9.17, 15) is 0 Å². The van der Waals surface area contributed by atoms with Crippen molar-refractivity contribution < 1.29 is 0 Å². The smallest absolute Gasteiger partial charge is 0.145 e. The molecule has 0 N–H and O–H groups in total. The minimum absolute atomic E-state index is 0.143. The summed E-state index contributed by atoms with van der Waals surface area (Å²) in [5, 5.41) is 0. The largest absolute Gasteiger partial charge is 0.292 e. The zero-order valence-electron chi connectivity index (χ0n) is 41.2. The first kappa shape index (κ1) is 42.9. The summed E-state index contributed by atoms with van der Waals surface area (Å²) >= 11 is 0. The maximum absolute atomic E-state index is 5.81. The van der Waals surface area contributed by atoms with E-state index in [1.54, 1.807) is 0 Å². The predicted octanol–water partition coefficient (Wildman–Crippen LogP) is 17.6. The number of nitrogens with zero attached hydrogens (tertiary/aromatic N) is 4. The second-order valence-electron chi connectivity index (χ2n) is 20.8. The summed E-state index contributed by atoms with van der Waals surface area (Å²) in [6, 6.07) is 83.3. The maximum atomic E-state index is 5.81. The van der Waals surface area contributed by atoms with Crippen molar-refractivity contribution in [3.63, 3.8) is 0 Å². The van der Waals surface area contributed by atoms with Crippen LogP contribution in [0.25, 0.3) is 117 Å². The van der Waals surface area contributed by atoms with Gasteiger partial charge in [-0.2, -0.15) is 0 Å². The average molecular weight is 935 g/mol. The number of hydrogen-bond acceptors (Lipinski definition) is 3. The second kappa shape index (κ2) is 16.3. The van der Waals surface area contributed by atoms with Gasteiger partial charge in [-0.1, -0.05) is 222 Å². The molecule has 0 unspecified atom stereocenters. The summed E-state index contributed by atoms with van der Waals surface area (Å²) in [6.07, 6.45) is 0. The zero-order valence-corrected chi connectivity index (χ0v) is 41.2. The van der Waals surface area contributed by atoms with Crippen molar-refractivity contribution in [2.75, 3.05) is 0 Å². The molecule has 0 radical (unpaired) electrons. The molecule has 0 atom stereocenters. The van der Waals surface area contributed by atoms with E-state index in [-0.39, 0.29) is 10.8 Å². The fourth-order valence-corrected chi connectivity index (χ4v) is 12.0. The molecule has 12 aromatic rings. The summed E-state index contributed by atoms with van der Waals surface area (Å²) in [4.78, 5) is 16.7. The van der Waals surface area contributed by atoms with E-state index in [0.717, 1.165) is 95.0 Å². The molecule has 346 valence electrons. The normalized spacial score (nSPS) is 13.7. The van der Waals surface area contributed by atoms with Gasteiger partial charge in [0.25, 0.3) is 0 Å². The van der Waals surface area contributed by atoms with Crippen LogP contribution < -0.4 is 0 Å². The summed E-state index contributed by atoms with van der Waals surface area (Å²) in [5.41, 5.74) is 26.6. The Labute approximate surface area is 426 Å². The van der Waals surface area contributed by atoms with Crippen LogP contribution in [0.1, 0.15) is 49.9 Å². The van der Waals surface area contributed by atoms with E-state index in [1.807, 2.05) is 6.07 Å². The highest BCUT2D eigenvalue weighted by atomic mass is 15.1. The number of hydrogen-bond donors (Lipinski definition) is 0. The first-order valence-corrected chi connectivity index (χ1v) is 25.3. The Morgan fingerprint density at radius 2 is 0.699 bits per heavy atom. The molecule has 2 aliphatic rings. The van der Waals surface area contributed by atoms with E-state index >= 15 is 0 Å². The van der Waals surface area contributed by atoms with Gasteiger partial charge in [0.15, 0.2) is 0 Å².